The fraction of sp³-hybridized carbons (Fsp3) is 0. The summed E-state index contributed by atoms with van der Waals surface area (Å²) in [7, 11) is 0. The van der Waals surface area contributed by atoms with Crippen LogP contribution in [0, 0.1) is 0 Å². The van der Waals surface area contributed by atoms with Crippen LogP contribution in [-0.4, -0.2) is 49.8 Å². The van der Waals surface area contributed by atoms with Crippen molar-refractivity contribution in [2.24, 2.45) is 0 Å². The van der Waals surface area contributed by atoms with Crippen LogP contribution < -0.4 is 29.6 Å². The average molecular weight is 1580 g/mol. The van der Waals surface area contributed by atoms with Gasteiger partial charge in [-0.2, -0.15) is 0 Å². The van der Waals surface area contributed by atoms with Gasteiger partial charge in [0.15, 0.2) is 0 Å². The Morgan fingerprint density at radius 1 is 0.193 bits per heavy atom. The van der Waals surface area contributed by atoms with Crippen molar-refractivity contribution in [1.82, 2.24) is 59.8 Å². The van der Waals surface area contributed by atoms with Crippen LogP contribution in [0.1, 0.15) is 0 Å². The van der Waals surface area contributed by atoms with Crippen molar-refractivity contribution in [3.05, 3.63) is 342 Å². The van der Waals surface area contributed by atoms with E-state index >= 15 is 0 Å². The molecular formula is C92H56N16Pt. The van der Waals surface area contributed by atoms with Gasteiger partial charge in [-0.25, -0.2) is 9.97 Å². The standard InChI is InChI=1S/C92H56N16.Pt/c1-2-10-58-50-74-73(49-57(58)9-1)81-89(105(65-17-33-93-34-18-65)66-19-35-94-36-20-66)83-75-51-59-11-3-4-12-60(59)52-76(75)85(102-83)91(107(69-25-41-97-42-26-69)70-27-43-98-44-28-70)87-79-55-63-15-7-8-16-64(63)56-80(79)88(104-87)92(108(71-29-45-99-46-30-71)72-31-47-100-48-32-72)86-78-54-62-14-6-5-13-61(62)53-77(78)84(103-86)90(82(74)101-81)106(67-21-37-95-38-22-67)68-23-39-96-40-24-68;/h1-56H;/q-2;+2. The first kappa shape index (κ1) is 64.2. The Balaban J connectivity index is 0.00000780. The van der Waals surface area contributed by atoms with Gasteiger partial charge in [0.05, 0.1) is 45.5 Å². The number of rotatable bonds is 12. The molecule has 17 heteroatoms. The summed E-state index contributed by atoms with van der Waals surface area (Å²) >= 11 is 0. The molecule has 8 aromatic carbocycles. The minimum Gasteiger partial charge on any atom is -0.653 e. The van der Waals surface area contributed by atoms with Crippen LogP contribution in [0.4, 0.5) is 68.2 Å². The number of aromatic nitrogens is 12. The number of anilines is 12. The second kappa shape index (κ2) is 26.6. The first-order chi connectivity index (χ1) is 53.6. The average Bonchev–Trinajstić information content (AvgIpc) is 1.55. The Bertz CT molecular complexity index is 5960. The minimum atomic E-state index is 0. The van der Waals surface area contributed by atoms with Gasteiger partial charge in [0, 0.05) is 167 Å². The molecule has 0 fully saturated rings. The van der Waals surface area contributed by atoms with Crippen molar-refractivity contribution in [3.63, 3.8) is 0 Å². The molecule has 109 heavy (non-hydrogen) atoms. The summed E-state index contributed by atoms with van der Waals surface area (Å²) in [6, 6.07) is 85.2. The molecule has 0 atom stereocenters. The second-order valence-corrected chi connectivity index (χ2v) is 26.6. The van der Waals surface area contributed by atoms with Gasteiger partial charge in [0.2, 0.25) is 0 Å². The third-order valence-electron chi connectivity index (χ3n) is 20.5. The smallest absolute Gasteiger partial charge is 0.653 e. The van der Waals surface area contributed by atoms with Gasteiger partial charge in [0.1, 0.15) is 0 Å². The van der Waals surface area contributed by atoms with Crippen molar-refractivity contribution in [3.8, 4) is 45.0 Å². The van der Waals surface area contributed by atoms with E-state index in [1.165, 1.54) is 0 Å². The van der Waals surface area contributed by atoms with Crippen molar-refractivity contribution in [1.29, 1.82) is 0 Å². The topological polar surface area (TPSA) is 170 Å². The summed E-state index contributed by atoms with van der Waals surface area (Å²) in [5.41, 5.74) is 17.6. The maximum absolute atomic E-state index is 6.47. The molecule has 21 rings (SSSR count). The maximum Gasteiger partial charge on any atom is 2.00 e. The number of hydrogen-bond acceptors (Lipinski definition) is 14. The first-order valence-electron chi connectivity index (χ1n) is 35.5. The molecule has 0 amide bonds. The molecule has 0 spiro atoms. The molecular weight excluding hydrogens is 1520 g/mol. The molecule has 0 saturated heterocycles. The van der Waals surface area contributed by atoms with Gasteiger partial charge in [-0.1, -0.05) is 97.1 Å². The van der Waals surface area contributed by atoms with Gasteiger partial charge < -0.3 is 29.6 Å². The van der Waals surface area contributed by atoms with Crippen LogP contribution in [0.25, 0.3) is 132 Å². The quantitative estimate of drug-likeness (QED) is 0.113. The molecule has 10 aromatic heterocycles. The molecule has 8 bridgehead atoms. The van der Waals surface area contributed by atoms with Gasteiger partial charge in [-0.05, 0) is 210 Å². The van der Waals surface area contributed by atoms with E-state index in [2.05, 4.69) is 205 Å². The first-order valence-corrected chi connectivity index (χ1v) is 35.5. The Kier molecular flexibility index (Phi) is 15.7. The Labute approximate surface area is 638 Å². The van der Waals surface area contributed by atoms with Crippen molar-refractivity contribution in [2.75, 3.05) is 19.6 Å². The predicted octanol–water partition coefficient (Wildman–Crippen LogP) is 22.2. The zero-order chi connectivity index (χ0) is 71.2. The Hall–Kier alpha value is -14.5. The summed E-state index contributed by atoms with van der Waals surface area (Å²) in [5, 5.41) is 11.5. The summed E-state index contributed by atoms with van der Waals surface area (Å²) in [6.45, 7) is 0. The predicted molar refractivity (Wildman–Crippen MR) is 434 cm³/mol. The van der Waals surface area contributed by atoms with Crippen molar-refractivity contribution < 1.29 is 21.1 Å². The molecule has 0 radical (unpaired) electrons. The number of pyridine rings is 8. The van der Waals surface area contributed by atoms with E-state index in [0.717, 1.165) is 132 Å². The molecule has 12 heterocycles. The second-order valence-electron chi connectivity index (χ2n) is 26.6. The van der Waals surface area contributed by atoms with Crippen molar-refractivity contribution >= 4 is 155 Å². The van der Waals surface area contributed by atoms with Crippen molar-refractivity contribution in [2.45, 2.75) is 0 Å². The third-order valence-corrected chi connectivity index (χ3v) is 20.5. The fourth-order valence-electron chi connectivity index (χ4n) is 15.8. The van der Waals surface area contributed by atoms with Crippen LogP contribution in [0.15, 0.2) is 342 Å². The van der Waals surface area contributed by atoms with Gasteiger partial charge in [-0.15, -0.1) is 22.1 Å². The maximum atomic E-state index is 6.47. The fourth-order valence-corrected chi connectivity index (χ4v) is 15.8. The van der Waals surface area contributed by atoms with E-state index in [9.17, 15) is 0 Å². The molecule has 514 valence electrons. The summed E-state index contributed by atoms with van der Waals surface area (Å²) < 4.78 is 0. The SMILES string of the molecule is [Pt+2].c1ccc2cc3c(cc2c1)-c1nc-3c(N(c2ccncc2)c2ccncc2)c2[n-]c(c(N(c3ccncc3)c3ccncc3)c3nc(c(N(c4ccncc4)c4ccncc4)c4[n-]c(c1N(c1ccncc1)c1ccncc1)c1cc5ccccc5cc41)-c1cc4ccccc4cc1-3)c1cc3ccccc3cc21. The zero-order valence-electron chi connectivity index (χ0n) is 57.8. The molecule has 0 N–H and O–H groups in total. The van der Waals surface area contributed by atoms with Gasteiger partial charge in [-0.3, -0.25) is 39.9 Å². The summed E-state index contributed by atoms with van der Waals surface area (Å²) in [5.74, 6) is 0. The molecule has 18 aromatic rings. The molecule has 0 unspecified atom stereocenters. The van der Waals surface area contributed by atoms with Gasteiger partial charge in [0.25, 0.3) is 0 Å². The molecule has 2 aliphatic heterocycles. The number of nitrogens with zero attached hydrogens (tertiary/aromatic N) is 16. The van der Waals surface area contributed by atoms with Crippen LogP contribution in [-0.2, 0) is 21.1 Å². The monoisotopic (exact) mass is 1580 g/mol. The summed E-state index contributed by atoms with van der Waals surface area (Å²) in [6.07, 6.45) is 29.4. The van der Waals surface area contributed by atoms with Crippen LogP contribution in [0.2, 0.25) is 0 Å². The Morgan fingerprint density at radius 3 is 0.514 bits per heavy atom. The largest absolute Gasteiger partial charge is 2.00 e. The molecule has 3 aliphatic rings. The normalized spacial score (nSPS) is 11.6. The summed E-state index contributed by atoms with van der Waals surface area (Å²) in [4.78, 5) is 72.3. The molecule has 16 nitrogen and oxygen atoms in total. The van der Waals surface area contributed by atoms with E-state index in [0.29, 0.717) is 67.6 Å². The minimum absolute atomic E-state index is 0. The van der Waals surface area contributed by atoms with E-state index in [4.69, 9.17) is 19.9 Å². The number of benzene rings is 8. The van der Waals surface area contributed by atoms with Crippen LogP contribution in [0.3, 0.4) is 0 Å². The third kappa shape index (κ3) is 10.8. The van der Waals surface area contributed by atoms with E-state index in [-0.39, 0.29) is 21.1 Å². The molecule has 1 aliphatic carbocycles. The van der Waals surface area contributed by atoms with Crippen LogP contribution >= 0.6 is 0 Å². The van der Waals surface area contributed by atoms with E-state index in [1.807, 2.05) is 196 Å². The van der Waals surface area contributed by atoms with E-state index < -0.39 is 0 Å². The van der Waals surface area contributed by atoms with Gasteiger partial charge >= 0.3 is 21.1 Å². The number of fused-ring (bicyclic) bond motifs is 4. The zero-order valence-corrected chi connectivity index (χ0v) is 60.1. The molecule has 0 saturated carbocycles. The number of hydrogen-bond donors (Lipinski definition) is 0. The van der Waals surface area contributed by atoms with E-state index in [1.54, 1.807) is 0 Å². The Morgan fingerprint density at radius 2 is 0.349 bits per heavy atom. The van der Waals surface area contributed by atoms with Crippen LogP contribution in [0.5, 0.6) is 0 Å².